The molecule has 3 nitrogen and oxygen atoms in total. The van der Waals surface area contributed by atoms with E-state index in [0.717, 1.165) is 36.9 Å². The minimum atomic E-state index is 0.166. The highest BCUT2D eigenvalue weighted by Crippen LogP contribution is 2.21. The number of rotatable bonds is 3. The molecule has 17 heavy (non-hydrogen) atoms. The van der Waals surface area contributed by atoms with Crippen LogP contribution in [0.25, 0.3) is 0 Å². The Labute approximate surface area is 103 Å². The first-order chi connectivity index (χ1) is 8.24. The number of amides is 1. The van der Waals surface area contributed by atoms with Gasteiger partial charge < -0.3 is 10.6 Å². The summed E-state index contributed by atoms with van der Waals surface area (Å²) in [5, 5.41) is 0. The lowest BCUT2D eigenvalue weighted by Gasteiger charge is -2.22. The summed E-state index contributed by atoms with van der Waals surface area (Å²) >= 11 is 0. The van der Waals surface area contributed by atoms with Gasteiger partial charge in [-0.2, -0.15) is 0 Å². The Balaban J connectivity index is 2.23. The molecule has 3 heteroatoms. The van der Waals surface area contributed by atoms with Crippen LogP contribution < -0.4 is 5.73 Å². The largest absolute Gasteiger partial charge is 0.336 e. The minimum Gasteiger partial charge on any atom is -0.336 e. The van der Waals surface area contributed by atoms with Gasteiger partial charge in [0, 0.05) is 18.2 Å². The van der Waals surface area contributed by atoms with Crippen molar-refractivity contribution in [1.82, 2.24) is 4.90 Å². The zero-order chi connectivity index (χ0) is 12.3. The highest BCUT2D eigenvalue weighted by atomic mass is 16.2. The Morgan fingerprint density at radius 2 is 2.24 bits per heavy atom. The van der Waals surface area contributed by atoms with Crippen LogP contribution in [0, 0.1) is 0 Å². The van der Waals surface area contributed by atoms with Gasteiger partial charge in [-0.15, -0.1) is 0 Å². The van der Waals surface area contributed by atoms with Gasteiger partial charge in [-0.25, -0.2) is 0 Å². The van der Waals surface area contributed by atoms with E-state index in [4.69, 9.17) is 5.73 Å². The van der Waals surface area contributed by atoms with Crippen molar-refractivity contribution in [3.8, 4) is 0 Å². The van der Waals surface area contributed by atoms with E-state index in [9.17, 15) is 4.79 Å². The highest BCUT2D eigenvalue weighted by Gasteiger charge is 2.26. The quantitative estimate of drug-likeness (QED) is 0.864. The van der Waals surface area contributed by atoms with Crippen molar-refractivity contribution in [2.45, 2.75) is 32.2 Å². The molecule has 1 fully saturated rings. The summed E-state index contributed by atoms with van der Waals surface area (Å²) in [5.41, 5.74) is 7.48. The average molecular weight is 232 g/mol. The van der Waals surface area contributed by atoms with Crippen molar-refractivity contribution in [3.05, 3.63) is 35.4 Å². The summed E-state index contributed by atoms with van der Waals surface area (Å²) in [5.74, 6) is 0.166. The Morgan fingerprint density at radius 1 is 1.47 bits per heavy atom. The minimum absolute atomic E-state index is 0.166. The van der Waals surface area contributed by atoms with Crippen molar-refractivity contribution in [2.24, 2.45) is 5.73 Å². The molecule has 0 bridgehead atoms. The van der Waals surface area contributed by atoms with Gasteiger partial charge in [0.2, 0.25) is 0 Å². The molecule has 0 saturated carbocycles. The number of nitrogens with zero attached hydrogens (tertiary/aromatic N) is 1. The van der Waals surface area contributed by atoms with Crippen LogP contribution in [-0.4, -0.2) is 29.9 Å². The standard InChI is InChI=1S/C14H20N2O/c1-11-5-4-10-16(11)14(17)13-7-3-2-6-12(13)8-9-15/h2-3,6-7,11H,4-5,8-10,15H2,1H3. The molecule has 0 aliphatic carbocycles. The Hall–Kier alpha value is -1.35. The van der Waals surface area contributed by atoms with Gasteiger partial charge in [0.25, 0.3) is 5.91 Å². The molecule has 1 atom stereocenters. The van der Waals surface area contributed by atoms with Gasteiger partial charge in [-0.05, 0) is 44.4 Å². The second-order valence-corrected chi connectivity index (χ2v) is 4.69. The Bertz CT molecular complexity index is 403. The smallest absolute Gasteiger partial charge is 0.254 e. The summed E-state index contributed by atoms with van der Waals surface area (Å²) in [6, 6.07) is 8.18. The fourth-order valence-corrected chi connectivity index (χ4v) is 2.49. The molecular weight excluding hydrogens is 212 g/mol. The molecule has 1 aromatic carbocycles. The molecule has 1 aliphatic heterocycles. The molecule has 0 spiro atoms. The first-order valence-corrected chi connectivity index (χ1v) is 6.33. The Morgan fingerprint density at radius 3 is 2.88 bits per heavy atom. The van der Waals surface area contributed by atoms with E-state index in [-0.39, 0.29) is 5.91 Å². The zero-order valence-electron chi connectivity index (χ0n) is 10.4. The molecule has 1 aromatic rings. The summed E-state index contributed by atoms with van der Waals surface area (Å²) in [6.07, 6.45) is 3.00. The van der Waals surface area contributed by atoms with Gasteiger partial charge in [0.15, 0.2) is 0 Å². The van der Waals surface area contributed by atoms with Crippen molar-refractivity contribution in [3.63, 3.8) is 0 Å². The van der Waals surface area contributed by atoms with Crippen LogP contribution >= 0.6 is 0 Å². The van der Waals surface area contributed by atoms with Gasteiger partial charge in [0.05, 0.1) is 0 Å². The number of likely N-dealkylation sites (tertiary alicyclic amines) is 1. The van der Waals surface area contributed by atoms with Crippen LogP contribution in [0.15, 0.2) is 24.3 Å². The van der Waals surface area contributed by atoms with Crippen LogP contribution in [0.1, 0.15) is 35.7 Å². The number of hydrogen-bond donors (Lipinski definition) is 1. The Kier molecular flexibility index (Phi) is 3.79. The van der Waals surface area contributed by atoms with Crippen LogP contribution in [0.5, 0.6) is 0 Å². The second-order valence-electron chi connectivity index (χ2n) is 4.69. The van der Waals surface area contributed by atoms with Crippen molar-refractivity contribution in [2.75, 3.05) is 13.1 Å². The maximum atomic E-state index is 12.4. The monoisotopic (exact) mass is 232 g/mol. The average Bonchev–Trinajstić information content (AvgIpc) is 2.76. The van der Waals surface area contributed by atoms with Crippen LogP contribution in [0.2, 0.25) is 0 Å². The lowest BCUT2D eigenvalue weighted by molar-refractivity contribution is 0.0746. The normalized spacial score (nSPS) is 19.6. The predicted octanol–water partition coefficient (Wildman–Crippen LogP) is 1.81. The van der Waals surface area contributed by atoms with Gasteiger partial charge in [0.1, 0.15) is 0 Å². The maximum absolute atomic E-state index is 12.4. The molecule has 1 amide bonds. The molecular formula is C14H20N2O. The third-order valence-electron chi connectivity index (χ3n) is 3.48. The highest BCUT2D eigenvalue weighted by molar-refractivity contribution is 5.96. The first kappa shape index (κ1) is 12.1. The molecule has 1 heterocycles. The molecule has 1 saturated heterocycles. The van der Waals surface area contributed by atoms with Crippen LogP contribution in [0.4, 0.5) is 0 Å². The zero-order valence-corrected chi connectivity index (χ0v) is 10.4. The van der Waals surface area contributed by atoms with Gasteiger partial charge in [-0.1, -0.05) is 18.2 Å². The molecule has 1 aliphatic rings. The number of carbonyl (C=O) groups excluding carboxylic acids is 1. The van der Waals surface area contributed by atoms with Crippen LogP contribution in [0.3, 0.4) is 0 Å². The second kappa shape index (κ2) is 5.32. The SMILES string of the molecule is CC1CCCN1C(=O)c1ccccc1CCN. The van der Waals surface area contributed by atoms with Crippen LogP contribution in [-0.2, 0) is 6.42 Å². The van der Waals surface area contributed by atoms with Gasteiger partial charge >= 0.3 is 0 Å². The fourth-order valence-electron chi connectivity index (χ4n) is 2.49. The fraction of sp³-hybridized carbons (Fsp3) is 0.500. The lowest BCUT2D eigenvalue weighted by atomic mass is 10.0. The molecule has 1 unspecified atom stereocenters. The van der Waals surface area contributed by atoms with Crippen molar-refractivity contribution < 1.29 is 4.79 Å². The summed E-state index contributed by atoms with van der Waals surface area (Å²) in [6.45, 7) is 3.59. The number of hydrogen-bond acceptors (Lipinski definition) is 2. The summed E-state index contributed by atoms with van der Waals surface area (Å²) in [7, 11) is 0. The number of nitrogens with two attached hydrogens (primary N) is 1. The number of carbonyl (C=O) groups is 1. The maximum Gasteiger partial charge on any atom is 0.254 e. The first-order valence-electron chi connectivity index (χ1n) is 6.33. The molecule has 0 radical (unpaired) electrons. The van der Waals surface area contributed by atoms with E-state index in [0.29, 0.717) is 12.6 Å². The third-order valence-corrected chi connectivity index (χ3v) is 3.48. The van der Waals surface area contributed by atoms with Crippen molar-refractivity contribution >= 4 is 5.91 Å². The molecule has 2 N–H and O–H groups in total. The topological polar surface area (TPSA) is 46.3 Å². The summed E-state index contributed by atoms with van der Waals surface area (Å²) < 4.78 is 0. The van der Waals surface area contributed by atoms with Crippen molar-refractivity contribution in [1.29, 1.82) is 0 Å². The van der Waals surface area contributed by atoms with E-state index in [1.54, 1.807) is 0 Å². The van der Waals surface area contributed by atoms with E-state index in [1.165, 1.54) is 0 Å². The molecule has 92 valence electrons. The van der Waals surface area contributed by atoms with E-state index >= 15 is 0 Å². The van der Waals surface area contributed by atoms with E-state index in [1.807, 2.05) is 29.2 Å². The molecule has 0 aromatic heterocycles. The molecule has 2 rings (SSSR count). The van der Waals surface area contributed by atoms with Gasteiger partial charge in [-0.3, -0.25) is 4.79 Å². The van der Waals surface area contributed by atoms with E-state index in [2.05, 4.69) is 6.92 Å². The lowest BCUT2D eigenvalue weighted by Crippen LogP contribution is -2.34. The summed E-state index contributed by atoms with van der Waals surface area (Å²) in [4.78, 5) is 14.4. The predicted molar refractivity (Wildman–Crippen MR) is 68.9 cm³/mol. The number of benzene rings is 1. The van der Waals surface area contributed by atoms with E-state index < -0.39 is 0 Å². The third kappa shape index (κ3) is 2.50.